The Kier molecular flexibility index (Phi) is 6.50. The number of carbonyl (C=O) groups is 1. The molecule has 0 aliphatic rings. The first-order valence-corrected chi connectivity index (χ1v) is 10.9. The van der Waals surface area contributed by atoms with E-state index in [-0.39, 0.29) is 12.1 Å². The molecule has 0 fully saturated rings. The quantitative estimate of drug-likeness (QED) is 0.335. The van der Waals surface area contributed by atoms with E-state index in [0.29, 0.717) is 27.3 Å². The van der Waals surface area contributed by atoms with Crippen LogP contribution < -0.4 is 20.5 Å². The molecule has 8 nitrogen and oxygen atoms in total. The molecule has 1 amide bonds. The average Bonchev–Trinajstić information content (AvgIpc) is 3.18. The first kappa shape index (κ1) is 22.2. The van der Waals surface area contributed by atoms with Gasteiger partial charge in [-0.15, -0.1) is 11.3 Å². The maximum absolute atomic E-state index is 13.2. The van der Waals surface area contributed by atoms with Gasteiger partial charge in [0, 0.05) is 22.1 Å². The zero-order valence-electron chi connectivity index (χ0n) is 18.4. The zero-order valence-corrected chi connectivity index (χ0v) is 19.2. The van der Waals surface area contributed by atoms with Crippen molar-refractivity contribution in [2.24, 2.45) is 5.10 Å². The number of thiophene rings is 1. The molecule has 0 saturated heterocycles. The van der Waals surface area contributed by atoms with E-state index < -0.39 is 5.91 Å². The number of hydrazone groups is 1. The molecule has 33 heavy (non-hydrogen) atoms. The molecule has 0 radical (unpaired) electrons. The van der Waals surface area contributed by atoms with Gasteiger partial charge < -0.3 is 9.47 Å². The molecule has 2 heterocycles. The van der Waals surface area contributed by atoms with E-state index in [4.69, 9.17) is 9.47 Å². The summed E-state index contributed by atoms with van der Waals surface area (Å²) in [6.07, 6.45) is 2.86. The lowest BCUT2D eigenvalue weighted by atomic mass is 10.0. The third-order valence-electron chi connectivity index (χ3n) is 5.06. The number of nitrogens with one attached hydrogen (secondary N) is 1. The highest BCUT2D eigenvalue weighted by Gasteiger charge is 2.17. The third kappa shape index (κ3) is 4.63. The van der Waals surface area contributed by atoms with E-state index in [9.17, 15) is 9.59 Å². The minimum atomic E-state index is -0.449. The summed E-state index contributed by atoms with van der Waals surface area (Å²) < 4.78 is 11.8. The third-order valence-corrected chi connectivity index (χ3v) is 6.08. The number of amides is 1. The fraction of sp³-hybridized carbons (Fsp3) is 0.167. The molecule has 1 N–H and O–H groups in total. The summed E-state index contributed by atoms with van der Waals surface area (Å²) in [4.78, 5) is 31.7. The number of hydrogen-bond acceptors (Lipinski definition) is 7. The number of ether oxygens (including phenoxy) is 2. The minimum absolute atomic E-state index is 0.206. The summed E-state index contributed by atoms with van der Waals surface area (Å²) in [5.41, 5.74) is 4.65. The summed E-state index contributed by atoms with van der Waals surface area (Å²) in [5.74, 6) is 0.753. The molecule has 4 aromatic rings. The Morgan fingerprint density at radius 1 is 1.18 bits per heavy atom. The van der Waals surface area contributed by atoms with Gasteiger partial charge in [0.1, 0.15) is 22.9 Å². The van der Waals surface area contributed by atoms with Crippen LogP contribution in [0.15, 0.2) is 64.8 Å². The number of methoxy groups -OCH3 is 2. The first-order chi connectivity index (χ1) is 16.0. The van der Waals surface area contributed by atoms with E-state index >= 15 is 0 Å². The van der Waals surface area contributed by atoms with Gasteiger partial charge in [-0.2, -0.15) is 5.10 Å². The van der Waals surface area contributed by atoms with Crippen molar-refractivity contribution in [3.05, 3.63) is 75.7 Å². The predicted molar refractivity (Wildman–Crippen MR) is 129 cm³/mol. The van der Waals surface area contributed by atoms with Crippen molar-refractivity contribution in [3.8, 4) is 22.6 Å². The lowest BCUT2D eigenvalue weighted by molar-refractivity contribution is -0.121. The number of aromatic nitrogens is 2. The van der Waals surface area contributed by atoms with E-state index in [1.807, 2.05) is 37.3 Å². The van der Waals surface area contributed by atoms with Crippen LogP contribution in [0.3, 0.4) is 0 Å². The fourth-order valence-electron chi connectivity index (χ4n) is 3.49. The van der Waals surface area contributed by atoms with Crippen LogP contribution in [0.25, 0.3) is 21.3 Å². The molecule has 168 valence electrons. The van der Waals surface area contributed by atoms with Crippen molar-refractivity contribution in [2.75, 3.05) is 14.2 Å². The van der Waals surface area contributed by atoms with Crippen LogP contribution in [0.1, 0.15) is 10.4 Å². The molecule has 0 aliphatic carbocycles. The lowest BCUT2D eigenvalue weighted by Crippen LogP contribution is -2.30. The molecule has 0 saturated carbocycles. The SMILES string of the molecule is COc1ccc(/C=N/NC(=O)Cn2cnc3sc(C)c(-c4ccccc4)c3c2=O)c(OC)c1. The maximum atomic E-state index is 13.2. The molecule has 9 heteroatoms. The smallest absolute Gasteiger partial charge is 0.263 e. The summed E-state index contributed by atoms with van der Waals surface area (Å²) in [7, 11) is 3.10. The number of fused-ring (bicyclic) bond motifs is 1. The Morgan fingerprint density at radius 2 is 1.97 bits per heavy atom. The second-order valence-electron chi connectivity index (χ2n) is 7.16. The second kappa shape index (κ2) is 9.66. The van der Waals surface area contributed by atoms with Crippen LogP contribution >= 0.6 is 11.3 Å². The van der Waals surface area contributed by atoms with Crippen LogP contribution in [-0.4, -0.2) is 35.9 Å². The number of aryl methyl sites for hydroxylation is 1. The Morgan fingerprint density at radius 3 is 2.70 bits per heavy atom. The molecule has 0 spiro atoms. The number of rotatable bonds is 7. The Bertz CT molecular complexity index is 1390. The van der Waals surface area contributed by atoms with Crippen molar-refractivity contribution < 1.29 is 14.3 Å². The van der Waals surface area contributed by atoms with Gasteiger partial charge in [0.15, 0.2) is 0 Å². The van der Waals surface area contributed by atoms with Gasteiger partial charge in [-0.3, -0.25) is 14.2 Å². The van der Waals surface area contributed by atoms with Crippen molar-refractivity contribution in [2.45, 2.75) is 13.5 Å². The van der Waals surface area contributed by atoms with Crippen molar-refractivity contribution in [1.82, 2.24) is 15.0 Å². The Labute approximate surface area is 194 Å². The van der Waals surface area contributed by atoms with E-state index in [1.165, 1.54) is 35.6 Å². The predicted octanol–water partition coefficient (Wildman–Crippen LogP) is 3.60. The van der Waals surface area contributed by atoms with Gasteiger partial charge >= 0.3 is 0 Å². The summed E-state index contributed by atoms with van der Waals surface area (Å²) in [6, 6.07) is 14.9. The van der Waals surface area contributed by atoms with Crippen LogP contribution in [0.5, 0.6) is 11.5 Å². The zero-order chi connectivity index (χ0) is 23.4. The summed E-state index contributed by atoms with van der Waals surface area (Å²) in [5, 5.41) is 4.50. The normalized spacial score (nSPS) is 11.1. The average molecular weight is 463 g/mol. The number of carbonyl (C=O) groups excluding carboxylic acids is 1. The van der Waals surface area contributed by atoms with Crippen LogP contribution in [-0.2, 0) is 11.3 Å². The molecule has 0 atom stereocenters. The first-order valence-electron chi connectivity index (χ1n) is 10.1. The highest BCUT2D eigenvalue weighted by atomic mass is 32.1. The van der Waals surface area contributed by atoms with Gasteiger partial charge in [0.25, 0.3) is 11.5 Å². The van der Waals surface area contributed by atoms with Crippen molar-refractivity contribution >= 4 is 33.7 Å². The topological polar surface area (TPSA) is 94.8 Å². The molecular formula is C24H22N4O4S. The van der Waals surface area contributed by atoms with Gasteiger partial charge in [-0.05, 0) is 24.6 Å². The molecule has 0 aliphatic heterocycles. The van der Waals surface area contributed by atoms with Gasteiger partial charge in [0.2, 0.25) is 0 Å². The largest absolute Gasteiger partial charge is 0.497 e. The van der Waals surface area contributed by atoms with Crippen molar-refractivity contribution in [3.63, 3.8) is 0 Å². The van der Waals surface area contributed by atoms with Crippen LogP contribution in [0.2, 0.25) is 0 Å². The van der Waals surface area contributed by atoms with E-state index in [1.54, 1.807) is 25.3 Å². The van der Waals surface area contributed by atoms with Gasteiger partial charge in [-0.25, -0.2) is 10.4 Å². The second-order valence-corrected chi connectivity index (χ2v) is 8.36. The minimum Gasteiger partial charge on any atom is -0.497 e. The summed E-state index contributed by atoms with van der Waals surface area (Å²) >= 11 is 1.46. The highest BCUT2D eigenvalue weighted by Crippen LogP contribution is 2.35. The molecule has 4 rings (SSSR count). The molecule has 2 aromatic carbocycles. The number of nitrogens with zero attached hydrogens (tertiary/aromatic N) is 3. The molecule has 0 unspecified atom stereocenters. The molecular weight excluding hydrogens is 440 g/mol. The monoisotopic (exact) mass is 462 g/mol. The van der Waals surface area contributed by atoms with Crippen LogP contribution in [0.4, 0.5) is 0 Å². The maximum Gasteiger partial charge on any atom is 0.263 e. The number of hydrogen-bond donors (Lipinski definition) is 1. The fourth-order valence-corrected chi connectivity index (χ4v) is 4.49. The highest BCUT2D eigenvalue weighted by molar-refractivity contribution is 7.19. The Balaban J connectivity index is 1.55. The van der Waals surface area contributed by atoms with Gasteiger partial charge in [-0.1, -0.05) is 30.3 Å². The van der Waals surface area contributed by atoms with E-state index in [0.717, 1.165) is 16.0 Å². The molecule has 2 aromatic heterocycles. The van der Waals surface area contributed by atoms with Crippen LogP contribution in [0, 0.1) is 6.92 Å². The Hall–Kier alpha value is -3.98. The number of benzene rings is 2. The lowest BCUT2D eigenvalue weighted by Gasteiger charge is -2.07. The van der Waals surface area contributed by atoms with E-state index in [2.05, 4.69) is 15.5 Å². The summed E-state index contributed by atoms with van der Waals surface area (Å²) in [6.45, 7) is 1.76. The van der Waals surface area contributed by atoms with Crippen molar-refractivity contribution in [1.29, 1.82) is 0 Å². The molecule has 0 bridgehead atoms. The standard InChI is InChI=1S/C24H22N4O4S/c1-15-21(16-7-5-4-6-8-16)22-23(33-15)25-14-28(24(22)30)13-20(29)27-26-12-17-9-10-18(31-2)11-19(17)32-3/h4-12,14H,13H2,1-3H3,(H,27,29)/b26-12+. The van der Waals surface area contributed by atoms with Gasteiger partial charge in [0.05, 0.1) is 32.1 Å².